The van der Waals surface area contributed by atoms with Gasteiger partial charge in [0.2, 0.25) is 4.96 Å². The summed E-state index contributed by atoms with van der Waals surface area (Å²) < 4.78 is 12.2. The van der Waals surface area contributed by atoms with Crippen molar-refractivity contribution < 1.29 is 9.47 Å². The lowest BCUT2D eigenvalue weighted by Gasteiger charge is -2.01. The summed E-state index contributed by atoms with van der Waals surface area (Å²) >= 11 is 1.49. The molecule has 2 aromatic carbocycles. The van der Waals surface area contributed by atoms with Gasteiger partial charge in [-0.2, -0.15) is 9.61 Å². The van der Waals surface area contributed by atoms with Crippen molar-refractivity contribution in [3.05, 3.63) is 59.1 Å². The highest BCUT2D eigenvalue weighted by molar-refractivity contribution is 7.17. The number of hydrogen-bond donors (Lipinski definition) is 0. The molecule has 6 nitrogen and oxygen atoms in total. The van der Waals surface area contributed by atoms with Crippen molar-refractivity contribution in [2.75, 3.05) is 14.2 Å². The van der Waals surface area contributed by atoms with Gasteiger partial charge < -0.3 is 9.47 Å². The van der Waals surface area contributed by atoms with Gasteiger partial charge in [-0.05, 0) is 35.9 Å². The zero-order valence-electron chi connectivity index (χ0n) is 14.3. The van der Waals surface area contributed by atoms with Crippen LogP contribution in [-0.4, -0.2) is 34.0 Å². The van der Waals surface area contributed by atoms with Gasteiger partial charge in [0.25, 0.3) is 0 Å². The van der Waals surface area contributed by atoms with E-state index < -0.39 is 0 Å². The molecule has 0 amide bonds. The number of aromatic nitrogens is 4. The molecule has 0 N–H and O–H groups in total. The fourth-order valence-corrected chi connectivity index (χ4v) is 3.26. The van der Waals surface area contributed by atoms with Crippen LogP contribution in [0, 0.1) is 0 Å². The van der Waals surface area contributed by atoms with Crippen LogP contribution in [0.1, 0.15) is 10.6 Å². The lowest BCUT2D eigenvalue weighted by atomic mass is 10.2. The van der Waals surface area contributed by atoms with Gasteiger partial charge in [-0.25, -0.2) is 0 Å². The molecule has 0 aliphatic heterocycles. The number of methoxy groups -OCH3 is 2. The summed E-state index contributed by atoms with van der Waals surface area (Å²) in [6.45, 7) is 0. The molecule has 0 aliphatic carbocycles. The zero-order chi connectivity index (χ0) is 17.9. The first-order valence-corrected chi connectivity index (χ1v) is 8.77. The van der Waals surface area contributed by atoms with E-state index in [9.17, 15) is 0 Å². The van der Waals surface area contributed by atoms with Gasteiger partial charge in [-0.1, -0.05) is 41.7 Å². The van der Waals surface area contributed by atoms with Crippen molar-refractivity contribution in [1.29, 1.82) is 0 Å². The normalized spacial score (nSPS) is 11.3. The van der Waals surface area contributed by atoms with Crippen molar-refractivity contribution in [2.24, 2.45) is 0 Å². The first kappa shape index (κ1) is 16.3. The quantitative estimate of drug-likeness (QED) is 0.535. The van der Waals surface area contributed by atoms with Crippen LogP contribution in [0.15, 0.2) is 48.5 Å². The topological polar surface area (TPSA) is 61.5 Å². The van der Waals surface area contributed by atoms with Crippen molar-refractivity contribution in [3.63, 3.8) is 0 Å². The number of benzene rings is 2. The first-order chi connectivity index (χ1) is 12.8. The fourth-order valence-electron chi connectivity index (χ4n) is 2.52. The summed E-state index contributed by atoms with van der Waals surface area (Å²) in [7, 11) is 3.30. The van der Waals surface area contributed by atoms with Crippen molar-refractivity contribution >= 4 is 28.4 Å². The highest BCUT2D eigenvalue weighted by Crippen LogP contribution is 2.25. The molecule has 2 heterocycles. The van der Waals surface area contributed by atoms with Crippen molar-refractivity contribution in [3.8, 4) is 22.9 Å². The molecule has 0 bridgehead atoms. The van der Waals surface area contributed by atoms with Gasteiger partial charge in [0.1, 0.15) is 16.5 Å². The predicted molar refractivity (Wildman–Crippen MR) is 103 cm³/mol. The molecule has 0 spiro atoms. The maximum absolute atomic E-state index is 5.28. The molecule has 0 saturated carbocycles. The third-order valence-electron chi connectivity index (χ3n) is 3.87. The number of ether oxygens (including phenoxy) is 2. The van der Waals surface area contributed by atoms with Gasteiger partial charge in [0.05, 0.1) is 14.2 Å². The summed E-state index contributed by atoms with van der Waals surface area (Å²) in [5, 5.41) is 13.9. The van der Waals surface area contributed by atoms with Crippen LogP contribution < -0.4 is 9.47 Å². The first-order valence-electron chi connectivity index (χ1n) is 7.95. The van der Waals surface area contributed by atoms with Gasteiger partial charge in [-0.3, -0.25) is 0 Å². The highest BCUT2D eigenvalue weighted by Gasteiger charge is 2.12. The Morgan fingerprint density at radius 3 is 2.50 bits per heavy atom. The van der Waals surface area contributed by atoms with E-state index >= 15 is 0 Å². The molecule has 0 unspecified atom stereocenters. The van der Waals surface area contributed by atoms with Crippen LogP contribution in [-0.2, 0) is 0 Å². The minimum atomic E-state index is 0.694. The molecule has 7 heteroatoms. The van der Waals surface area contributed by atoms with Crippen molar-refractivity contribution in [2.45, 2.75) is 0 Å². The van der Waals surface area contributed by atoms with E-state index in [-0.39, 0.29) is 0 Å². The monoisotopic (exact) mass is 364 g/mol. The molecular weight excluding hydrogens is 348 g/mol. The Bertz CT molecular complexity index is 1070. The largest absolute Gasteiger partial charge is 0.497 e. The van der Waals surface area contributed by atoms with Crippen LogP contribution in [0.5, 0.6) is 11.5 Å². The molecule has 0 saturated heterocycles. The van der Waals surface area contributed by atoms with E-state index in [4.69, 9.17) is 9.47 Å². The molecule has 0 fully saturated rings. The third-order valence-corrected chi connectivity index (χ3v) is 4.73. The second kappa shape index (κ2) is 6.97. The summed E-state index contributed by atoms with van der Waals surface area (Å²) in [5.74, 6) is 2.30. The zero-order valence-corrected chi connectivity index (χ0v) is 15.1. The second-order valence-corrected chi connectivity index (χ2v) is 6.48. The minimum absolute atomic E-state index is 0.694. The molecule has 26 heavy (non-hydrogen) atoms. The number of nitrogens with zero attached hydrogens (tertiary/aromatic N) is 4. The molecular formula is C19H16N4O2S. The average Bonchev–Trinajstić information content (AvgIpc) is 3.27. The smallest absolute Gasteiger partial charge is 0.235 e. The molecule has 0 aliphatic rings. The van der Waals surface area contributed by atoms with Crippen LogP contribution in [0.2, 0.25) is 0 Å². The standard InChI is InChI=1S/C19H16N4O2S/c1-24-15-9-6-13(7-10-15)8-11-17-22-23-18(20-21-19(23)26-17)14-4-3-5-16(12-14)25-2/h3-12H,1-2H3/b11-8+. The molecule has 4 aromatic rings. The summed E-state index contributed by atoms with van der Waals surface area (Å²) in [6, 6.07) is 15.6. The summed E-state index contributed by atoms with van der Waals surface area (Å²) in [4.78, 5) is 0.747. The fraction of sp³-hybridized carbons (Fsp3) is 0.105. The van der Waals surface area contributed by atoms with Crippen molar-refractivity contribution in [1.82, 2.24) is 19.8 Å². The van der Waals surface area contributed by atoms with E-state index in [0.29, 0.717) is 5.82 Å². The Balaban J connectivity index is 1.63. The van der Waals surface area contributed by atoms with E-state index in [1.165, 1.54) is 11.3 Å². The number of rotatable bonds is 5. The van der Waals surface area contributed by atoms with E-state index in [1.54, 1.807) is 18.7 Å². The maximum Gasteiger partial charge on any atom is 0.235 e. The molecule has 0 atom stereocenters. The Labute approximate surface area is 154 Å². The predicted octanol–water partition coefficient (Wildman–Crippen LogP) is 4.04. The molecule has 4 rings (SSSR count). The lowest BCUT2D eigenvalue weighted by Crippen LogP contribution is -1.91. The Morgan fingerprint density at radius 2 is 1.73 bits per heavy atom. The lowest BCUT2D eigenvalue weighted by molar-refractivity contribution is 0.414. The minimum Gasteiger partial charge on any atom is -0.497 e. The van der Waals surface area contributed by atoms with Crippen LogP contribution in [0.4, 0.5) is 0 Å². The Kier molecular flexibility index (Phi) is 4.37. The molecule has 130 valence electrons. The van der Waals surface area contributed by atoms with Crippen LogP contribution in [0.25, 0.3) is 28.5 Å². The van der Waals surface area contributed by atoms with Gasteiger partial charge >= 0.3 is 0 Å². The highest BCUT2D eigenvalue weighted by atomic mass is 32.1. The molecule has 2 aromatic heterocycles. The second-order valence-electron chi connectivity index (χ2n) is 5.50. The summed E-state index contributed by atoms with van der Waals surface area (Å²) in [5.41, 5.74) is 1.98. The maximum atomic E-state index is 5.28. The SMILES string of the molecule is COc1ccc(/C=C/c2nn3c(-c4cccc(OC)c4)nnc3s2)cc1. The Hall–Kier alpha value is -3.19. The van der Waals surface area contributed by atoms with E-state index in [1.807, 2.05) is 60.7 Å². The number of fused-ring (bicyclic) bond motifs is 1. The average molecular weight is 364 g/mol. The van der Waals surface area contributed by atoms with Crippen LogP contribution in [0.3, 0.4) is 0 Å². The Morgan fingerprint density at radius 1 is 0.923 bits per heavy atom. The number of hydrogen-bond acceptors (Lipinski definition) is 6. The summed E-state index contributed by atoms with van der Waals surface area (Å²) in [6.07, 6.45) is 3.98. The third kappa shape index (κ3) is 3.16. The van der Waals surface area contributed by atoms with E-state index in [2.05, 4.69) is 15.3 Å². The van der Waals surface area contributed by atoms with E-state index in [0.717, 1.165) is 32.6 Å². The molecule has 0 radical (unpaired) electrons. The van der Waals surface area contributed by atoms with Gasteiger partial charge in [-0.15, -0.1) is 10.2 Å². The van der Waals surface area contributed by atoms with Gasteiger partial charge in [0.15, 0.2) is 5.82 Å². The van der Waals surface area contributed by atoms with Gasteiger partial charge in [0, 0.05) is 5.56 Å². The van der Waals surface area contributed by atoms with Crippen LogP contribution >= 0.6 is 11.3 Å².